The van der Waals surface area contributed by atoms with E-state index in [-0.39, 0.29) is 17.9 Å². The lowest BCUT2D eigenvalue weighted by Gasteiger charge is -2.32. The van der Waals surface area contributed by atoms with Gasteiger partial charge in [0.1, 0.15) is 0 Å². The monoisotopic (exact) mass is 316 g/mol. The van der Waals surface area contributed by atoms with Crippen molar-refractivity contribution in [3.05, 3.63) is 35.4 Å². The van der Waals surface area contributed by atoms with Crippen LogP contribution in [-0.2, 0) is 16.1 Å². The van der Waals surface area contributed by atoms with Gasteiger partial charge in [-0.3, -0.25) is 9.69 Å². The first kappa shape index (κ1) is 16.5. The maximum atomic E-state index is 12.4. The number of aryl methyl sites for hydroxylation is 1. The molecule has 1 aromatic carbocycles. The van der Waals surface area contributed by atoms with Gasteiger partial charge in [-0.15, -0.1) is 0 Å². The second kappa shape index (κ2) is 7.93. The van der Waals surface area contributed by atoms with E-state index in [4.69, 9.17) is 4.74 Å². The average molecular weight is 316 g/mol. The first-order valence-electron chi connectivity index (χ1n) is 8.88. The van der Waals surface area contributed by atoms with Crippen molar-refractivity contribution in [2.75, 3.05) is 26.2 Å². The highest BCUT2D eigenvalue weighted by Gasteiger charge is 2.26. The van der Waals surface area contributed by atoms with Gasteiger partial charge in [-0.2, -0.15) is 0 Å². The summed E-state index contributed by atoms with van der Waals surface area (Å²) >= 11 is 0. The fourth-order valence-corrected chi connectivity index (χ4v) is 3.61. The number of carbonyl (C=O) groups excluding carboxylic acids is 1. The maximum absolute atomic E-state index is 12.4. The molecule has 0 radical (unpaired) electrons. The van der Waals surface area contributed by atoms with E-state index in [0.717, 1.165) is 51.9 Å². The molecule has 2 aliphatic heterocycles. The van der Waals surface area contributed by atoms with Crippen LogP contribution in [0.25, 0.3) is 0 Å². The van der Waals surface area contributed by atoms with Crippen LogP contribution < -0.4 is 5.32 Å². The van der Waals surface area contributed by atoms with E-state index < -0.39 is 0 Å². The van der Waals surface area contributed by atoms with Crippen LogP contribution in [0.5, 0.6) is 0 Å². The smallest absolute Gasteiger partial charge is 0.224 e. The van der Waals surface area contributed by atoms with E-state index in [1.165, 1.54) is 11.1 Å². The van der Waals surface area contributed by atoms with Crippen molar-refractivity contribution >= 4 is 5.91 Å². The number of benzene rings is 1. The van der Waals surface area contributed by atoms with Crippen molar-refractivity contribution < 1.29 is 9.53 Å². The predicted molar refractivity (Wildman–Crippen MR) is 91.2 cm³/mol. The zero-order valence-corrected chi connectivity index (χ0v) is 14.1. The third kappa shape index (κ3) is 4.55. The van der Waals surface area contributed by atoms with Crippen LogP contribution in [0.3, 0.4) is 0 Å². The Morgan fingerprint density at radius 1 is 1.30 bits per heavy atom. The SMILES string of the molecule is Cc1ccccc1CN1CCCC(C(=O)NCC2CCCO2)C1. The van der Waals surface area contributed by atoms with Gasteiger partial charge in [0.25, 0.3) is 0 Å². The van der Waals surface area contributed by atoms with Gasteiger partial charge in [-0.25, -0.2) is 0 Å². The molecular formula is C19H28N2O2. The molecule has 2 heterocycles. The minimum atomic E-state index is 0.120. The highest BCUT2D eigenvalue weighted by molar-refractivity contribution is 5.79. The van der Waals surface area contributed by atoms with E-state index in [2.05, 4.69) is 41.4 Å². The summed E-state index contributed by atoms with van der Waals surface area (Å²) in [5, 5.41) is 3.10. The van der Waals surface area contributed by atoms with Gasteiger partial charge in [0.15, 0.2) is 0 Å². The molecule has 2 atom stereocenters. The first-order valence-corrected chi connectivity index (χ1v) is 8.88. The Bertz CT molecular complexity index is 526. The minimum Gasteiger partial charge on any atom is -0.376 e. The first-order chi connectivity index (χ1) is 11.2. The van der Waals surface area contributed by atoms with Gasteiger partial charge >= 0.3 is 0 Å². The van der Waals surface area contributed by atoms with Crippen molar-refractivity contribution in [1.82, 2.24) is 10.2 Å². The van der Waals surface area contributed by atoms with Crippen LogP contribution in [0.1, 0.15) is 36.8 Å². The molecule has 1 amide bonds. The molecule has 1 aromatic rings. The topological polar surface area (TPSA) is 41.6 Å². The lowest BCUT2D eigenvalue weighted by Crippen LogP contribution is -2.44. The largest absolute Gasteiger partial charge is 0.376 e. The number of nitrogens with one attached hydrogen (secondary N) is 1. The fourth-order valence-electron chi connectivity index (χ4n) is 3.61. The van der Waals surface area contributed by atoms with Crippen molar-refractivity contribution in [2.45, 2.75) is 45.3 Å². The van der Waals surface area contributed by atoms with Gasteiger partial charge in [-0.05, 0) is 50.3 Å². The summed E-state index contributed by atoms with van der Waals surface area (Å²) in [6, 6.07) is 8.52. The Morgan fingerprint density at radius 3 is 2.96 bits per heavy atom. The molecule has 0 aromatic heterocycles. The number of ether oxygens (including phenoxy) is 1. The molecule has 0 spiro atoms. The van der Waals surface area contributed by atoms with Crippen molar-refractivity contribution in [2.24, 2.45) is 5.92 Å². The Kier molecular flexibility index (Phi) is 5.68. The number of piperidine rings is 1. The van der Waals surface area contributed by atoms with Gasteiger partial charge in [-0.1, -0.05) is 24.3 Å². The van der Waals surface area contributed by atoms with E-state index in [1.807, 2.05) is 0 Å². The Balaban J connectivity index is 1.49. The van der Waals surface area contributed by atoms with E-state index >= 15 is 0 Å². The number of hydrogen-bond donors (Lipinski definition) is 1. The Labute approximate surface area is 139 Å². The van der Waals surface area contributed by atoms with Crippen LogP contribution in [0.15, 0.2) is 24.3 Å². The zero-order valence-electron chi connectivity index (χ0n) is 14.1. The molecule has 4 heteroatoms. The average Bonchev–Trinajstić information content (AvgIpc) is 3.08. The summed E-state index contributed by atoms with van der Waals surface area (Å²) in [5.41, 5.74) is 2.70. The van der Waals surface area contributed by atoms with E-state index in [0.29, 0.717) is 6.54 Å². The van der Waals surface area contributed by atoms with Gasteiger partial charge in [0.2, 0.25) is 5.91 Å². The Hall–Kier alpha value is -1.39. The standard InChI is InChI=1S/C19H28N2O2/c1-15-6-2-3-7-16(15)13-21-10-4-8-17(14-21)19(22)20-12-18-9-5-11-23-18/h2-3,6-7,17-18H,4-5,8-14H2,1H3,(H,20,22). The quantitative estimate of drug-likeness (QED) is 0.907. The molecule has 2 unspecified atom stereocenters. The third-order valence-corrected chi connectivity index (χ3v) is 5.06. The summed E-state index contributed by atoms with van der Waals surface area (Å²) in [4.78, 5) is 14.8. The minimum absolute atomic E-state index is 0.120. The molecule has 3 rings (SSSR count). The molecule has 0 saturated carbocycles. The lowest BCUT2D eigenvalue weighted by molar-refractivity contribution is -0.127. The highest BCUT2D eigenvalue weighted by atomic mass is 16.5. The van der Waals surface area contributed by atoms with Crippen LogP contribution in [0, 0.1) is 12.8 Å². The molecule has 0 bridgehead atoms. The summed E-state index contributed by atoms with van der Waals surface area (Å²) in [6.07, 6.45) is 4.52. The normalized spacial score (nSPS) is 25.4. The number of hydrogen-bond acceptors (Lipinski definition) is 3. The number of likely N-dealkylation sites (tertiary alicyclic amines) is 1. The number of carbonyl (C=O) groups is 1. The molecule has 2 fully saturated rings. The van der Waals surface area contributed by atoms with Crippen LogP contribution >= 0.6 is 0 Å². The molecule has 2 aliphatic rings. The lowest BCUT2D eigenvalue weighted by atomic mass is 9.96. The maximum Gasteiger partial charge on any atom is 0.224 e. The summed E-state index contributed by atoms with van der Waals surface area (Å²) in [5.74, 6) is 0.323. The second-order valence-corrected chi connectivity index (χ2v) is 6.88. The van der Waals surface area contributed by atoms with Crippen molar-refractivity contribution in [3.8, 4) is 0 Å². The Morgan fingerprint density at radius 2 is 2.17 bits per heavy atom. The van der Waals surface area contributed by atoms with Gasteiger partial charge < -0.3 is 10.1 Å². The summed E-state index contributed by atoms with van der Waals surface area (Å²) in [7, 11) is 0. The van der Waals surface area contributed by atoms with Crippen molar-refractivity contribution in [3.63, 3.8) is 0 Å². The van der Waals surface area contributed by atoms with E-state index in [9.17, 15) is 4.79 Å². The van der Waals surface area contributed by atoms with Gasteiger partial charge in [0, 0.05) is 26.2 Å². The number of nitrogens with zero attached hydrogens (tertiary/aromatic N) is 1. The number of rotatable bonds is 5. The second-order valence-electron chi connectivity index (χ2n) is 6.88. The molecule has 23 heavy (non-hydrogen) atoms. The van der Waals surface area contributed by atoms with Gasteiger partial charge in [0.05, 0.1) is 12.0 Å². The fraction of sp³-hybridized carbons (Fsp3) is 0.632. The van der Waals surface area contributed by atoms with E-state index in [1.54, 1.807) is 0 Å². The molecule has 126 valence electrons. The molecule has 2 saturated heterocycles. The molecule has 1 N–H and O–H groups in total. The zero-order chi connectivity index (χ0) is 16.1. The third-order valence-electron chi connectivity index (χ3n) is 5.06. The van der Waals surface area contributed by atoms with Crippen LogP contribution in [0.4, 0.5) is 0 Å². The predicted octanol–water partition coefficient (Wildman–Crippen LogP) is 2.50. The number of amides is 1. The molecule has 0 aliphatic carbocycles. The molecule has 4 nitrogen and oxygen atoms in total. The van der Waals surface area contributed by atoms with Crippen LogP contribution in [-0.4, -0.2) is 43.2 Å². The summed E-state index contributed by atoms with van der Waals surface area (Å²) in [6.45, 7) is 6.57. The highest BCUT2D eigenvalue weighted by Crippen LogP contribution is 2.20. The molecular weight excluding hydrogens is 288 g/mol. The summed E-state index contributed by atoms with van der Waals surface area (Å²) < 4.78 is 5.58. The van der Waals surface area contributed by atoms with Crippen molar-refractivity contribution in [1.29, 1.82) is 0 Å². The van der Waals surface area contributed by atoms with Crippen LogP contribution in [0.2, 0.25) is 0 Å².